The van der Waals surface area contributed by atoms with E-state index in [9.17, 15) is 4.79 Å². The summed E-state index contributed by atoms with van der Waals surface area (Å²) in [6.07, 6.45) is 3.84. The van der Waals surface area contributed by atoms with Gasteiger partial charge >= 0.3 is 0 Å². The van der Waals surface area contributed by atoms with E-state index in [4.69, 9.17) is 0 Å². The zero-order chi connectivity index (χ0) is 13.9. The molecule has 1 heterocycles. The molecule has 0 amide bonds. The van der Waals surface area contributed by atoms with Crippen LogP contribution in [0.15, 0.2) is 48.5 Å². The molecule has 3 aromatic rings. The van der Waals surface area contributed by atoms with Crippen LogP contribution in [0.5, 0.6) is 0 Å². The first-order valence-electron chi connectivity index (χ1n) is 7.34. The van der Waals surface area contributed by atoms with Crippen LogP contribution >= 0.6 is 12.4 Å². The summed E-state index contributed by atoms with van der Waals surface area (Å²) in [6, 6.07) is 16.3. The van der Waals surface area contributed by atoms with E-state index >= 15 is 0 Å². The predicted molar refractivity (Wildman–Crippen MR) is 91.5 cm³/mol. The van der Waals surface area contributed by atoms with Gasteiger partial charge in [-0.25, -0.2) is 0 Å². The van der Waals surface area contributed by atoms with Gasteiger partial charge in [-0.3, -0.25) is 9.36 Å². The topological polar surface area (TPSA) is 22.0 Å². The molecule has 110 valence electrons. The van der Waals surface area contributed by atoms with Gasteiger partial charge in [0, 0.05) is 17.2 Å². The predicted octanol–water partition coefficient (Wildman–Crippen LogP) is 5.44. The van der Waals surface area contributed by atoms with Gasteiger partial charge in [-0.05, 0) is 18.6 Å². The molecule has 3 rings (SSSR count). The van der Waals surface area contributed by atoms with Crippen molar-refractivity contribution in [2.24, 2.45) is 0 Å². The molecule has 3 heteroatoms. The molecule has 0 N–H and O–H groups in total. The number of unbranched alkanes of at least 4 members (excludes halogenated alkanes) is 2. The number of para-hydroxylation sites is 2. The first kappa shape index (κ1) is 15.6. The van der Waals surface area contributed by atoms with Gasteiger partial charge in [-0.2, -0.15) is 0 Å². The number of fused-ring (bicyclic) bond motifs is 3. The van der Waals surface area contributed by atoms with E-state index < -0.39 is 0 Å². The molecule has 0 aliphatic rings. The number of aromatic nitrogens is 1. The molecule has 0 aliphatic carbocycles. The Morgan fingerprint density at radius 1 is 0.905 bits per heavy atom. The molecule has 0 unspecified atom stereocenters. The molecule has 0 aliphatic heterocycles. The van der Waals surface area contributed by atoms with Crippen LogP contribution in [-0.4, -0.2) is 10.5 Å². The average Bonchev–Trinajstić information content (AvgIpc) is 2.82. The van der Waals surface area contributed by atoms with E-state index in [0.29, 0.717) is 6.42 Å². The first-order valence-corrected chi connectivity index (χ1v) is 7.34. The minimum Gasteiger partial charge on any atom is -0.280 e. The van der Waals surface area contributed by atoms with Gasteiger partial charge in [-0.15, -0.1) is 12.4 Å². The third kappa shape index (κ3) is 2.81. The van der Waals surface area contributed by atoms with Crippen LogP contribution in [-0.2, 0) is 0 Å². The van der Waals surface area contributed by atoms with Crippen molar-refractivity contribution >= 4 is 40.1 Å². The highest BCUT2D eigenvalue weighted by atomic mass is 35.5. The summed E-state index contributed by atoms with van der Waals surface area (Å²) in [5, 5.41) is 2.32. The molecule has 1 aromatic heterocycles. The summed E-state index contributed by atoms with van der Waals surface area (Å²) in [4.78, 5) is 12.6. The fourth-order valence-corrected chi connectivity index (χ4v) is 2.83. The SMILES string of the molecule is CCCCCC(=O)n1c2ccccc2c2ccccc21.Cl. The van der Waals surface area contributed by atoms with Crippen molar-refractivity contribution in [3.05, 3.63) is 48.5 Å². The lowest BCUT2D eigenvalue weighted by atomic mass is 10.2. The second-order valence-corrected chi connectivity index (χ2v) is 5.22. The normalized spacial score (nSPS) is 10.7. The highest BCUT2D eigenvalue weighted by molar-refractivity contribution is 6.13. The van der Waals surface area contributed by atoms with E-state index in [1.807, 2.05) is 41.0 Å². The molecule has 0 fully saturated rings. The van der Waals surface area contributed by atoms with Crippen LogP contribution in [0.1, 0.15) is 37.4 Å². The smallest absolute Gasteiger partial charge is 0.231 e. The number of carbonyl (C=O) groups is 1. The van der Waals surface area contributed by atoms with E-state index in [-0.39, 0.29) is 18.3 Å². The van der Waals surface area contributed by atoms with Gasteiger partial charge in [0.2, 0.25) is 5.91 Å². The maximum absolute atomic E-state index is 12.6. The van der Waals surface area contributed by atoms with Crippen LogP contribution < -0.4 is 0 Å². The fraction of sp³-hybridized carbons (Fsp3) is 0.278. The van der Waals surface area contributed by atoms with E-state index in [1.54, 1.807) is 0 Å². The van der Waals surface area contributed by atoms with Crippen LogP contribution in [0.4, 0.5) is 0 Å². The van der Waals surface area contributed by atoms with Gasteiger partial charge in [0.05, 0.1) is 11.0 Å². The molecule has 0 saturated carbocycles. The lowest BCUT2D eigenvalue weighted by molar-refractivity contribution is 0.0909. The van der Waals surface area contributed by atoms with Crippen LogP contribution in [0, 0.1) is 0 Å². The Morgan fingerprint density at radius 2 is 1.43 bits per heavy atom. The molecule has 0 saturated heterocycles. The van der Waals surface area contributed by atoms with Gasteiger partial charge in [0.15, 0.2) is 0 Å². The molecule has 2 nitrogen and oxygen atoms in total. The van der Waals surface area contributed by atoms with E-state index in [2.05, 4.69) is 19.1 Å². The fourth-order valence-electron chi connectivity index (χ4n) is 2.83. The van der Waals surface area contributed by atoms with E-state index in [0.717, 1.165) is 41.1 Å². The van der Waals surface area contributed by atoms with E-state index in [1.165, 1.54) is 0 Å². The minimum absolute atomic E-state index is 0. The Hall–Kier alpha value is -1.80. The number of rotatable bonds is 4. The summed E-state index contributed by atoms with van der Waals surface area (Å²) in [5.74, 6) is 0.204. The highest BCUT2D eigenvalue weighted by Gasteiger charge is 2.14. The Kier molecular flexibility index (Phi) is 5.03. The lowest BCUT2D eigenvalue weighted by Gasteiger charge is -2.05. The molecule has 0 atom stereocenters. The number of benzene rings is 2. The van der Waals surface area contributed by atoms with Crippen molar-refractivity contribution in [2.75, 3.05) is 0 Å². The summed E-state index contributed by atoms with van der Waals surface area (Å²) >= 11 is 0. The minimum atomic E-state index is 0. The average molecular weight is 302 g/mol. The van der Waals surface area contributed by atoms with Crippen LogP contribution in [0.3, 0.4) is 0 Å². The number of halogens is 1. The number of hydrogen-bond donors (Lipinski definition) is 0. The number of nitrogens with zero attached hydrogens (tertiary/aromatic N) is 1. The highest BCUT2D eigenvalue weighted by Crippen LogP contribution is 2.29. The monoisotopic (exact) mass is 301 g/mol. The van der Waals surface area contributed by atoms with Gasteiger partial charge in [-0.1, -0.05) is 56.2 Å². The molecule has 0 bridgehead atoms. The summed E-state index contributed by atoms with van der Waals surface area (Å²) in [5.41, 5.74) is 2.05. The zero-order valence-electron chi connectivity index (χ0n) is 12.2. The Morgan fingerprint density at radius 3 is 1.95 bits per heavy atom. The standard InChI is InChI=1S/C18H19NO.ClH/c1-2-3-4-13-18(20)19-16-11-7-5-9-14(16)15-10-6-8-12-17(15)19;/h5-12H,2-4,13H2,1H3;1H. The summed E-state index contributed by atoms with van der Waals surface area (Å²) in [6.45, 7) is 2.16. The summed E-state index contributed by atoms with van der Waals surface area (Å²) < 4.78 is 1.89. The molecular formula is C18H20ClNO. The maximum Gasteiger partial charge on any atom is 0.231 e. The van der Waals surface area contributed by atoms with Gasteiger partial charge < -0.3 is 0 Å². The number of hydrogen-bond acceptors (Lipinski definition) is 1. The second kappa shape index (κ2) is 6.77. The quantitative estimate of drug-likeness (QED) is 0.588. The Balaban J connectivity index is 0.00000161. The molecule has 2 aromatic carbocycles. The van der Waals surface area contributed by atoms with Crippen molar-refractivity contribution in [3.63, 3.8) is 0 Å². The third-order valence-corrected chi connectivity index (χ3v) is 3.82. The van der Waals surface area contributed by atoms with Crippen molar-refractivity contribution in [3.8, 4) is 0 Å². The van der Waals surface area contributed by atoms with Crippen molar-refractivity contribution in [1.82, 2.24) is 4.57 Å². The van der Waals surface area contributed by atoms with Crippen molar-refractivity contribution in [2.45, 2.75) is 32.6 Å². The Labute approximate surface area is 131 Å². The second-order valence-electron chi connectivity index (χ2n) is 5.22. The van der Waals surface area contributed by atoms with Crippen molar-refractivity contribution in [1.29, 1.82) is 0 Å². The van der Waals surface area contributed by atoms with Crippen LogP contribution in [0.2, 0.25) is 0 Å². The largest absolute Gasteiger partial charge is 0.280 e. The van der Waals surface area contributed by atoms with Gasteiger partial charge in [0.25, 0.3) is 0 Å². The lowest BCUT2D eigenvalue weighted by Crippen LogP contribution is -2.09. The van der Waals surface area contributed by atoms with Gasteiger partial charge in [0.1, 0.15) is 0 Å². The number of carbonyl (C=O) groups excluding carboxylic acids is 1. The maximum atomic E-state index is 12.6. The van der Waals surface area contributed by atoms with Crippen LogP contribution in [0.25, 0.3) is 21.8 Å². The molecule has 0 spiro atoms. The first-order chi connectivity index (χ1) is 9.83. The Bertz CT molecular complexity index is 707. The summed E-state index contributed by atoms with van der Waals surface area (Å²) in [7, 11) is 0. The molecule has 21 heavy (non-hydrogen) atoms. The van der Waals surface area contributed by atoms with Crippen molar-refractivity contribution < 1.29 is 4.79 Å². The molecular weight excluding hydrogens is 282 g/mol. The zero-order valence-corrected chi connectivity index (χ0v) is 13.0. The molecule has 0 radical (unpaired) electrons. The third-order valence-electron chi connectivity index (χ3n) is 3.82.